The number of amides is 2. The smallest absolute Gasteiger partial charge is 0.318 e. The van der Waals surface area contributed by atoms with E-state index in [2.05, 4.69) is 21.2 Å². The highest BCUT2D eigenvalue weighted by Gasteiger charge is 2.26. The van der Waals surface area contributed by atoms with Gasteiger partial charge in [-0.25, -0.2) is 9.78 Å². The molecular formula is C22H25BrN4O2. The van der Waals surface area contributed by atoms with E-state index in [0.29, 0.717) is 22.4 Å². The molecule has 0 bridgehead atoms. The fourth-order valence-electron chi connectivity index (χ4n) is 3.03. The zero-order valence-electron chi connectivity index (χ0n) is 17.2. The summed E-state index contributed by atoms with van der Waals surface area (Å²) >= 11 is 3.43. The Morgan fingerprint density at radius 3 is 2.38 bits per heavy atom. The highest BCUT2D eigenvalue weighted by Crippen LogP contribution is 2.23. The topological polar surface area (TPSA) is 67.2 Å². The largest absolute Gasteiger partial charge is 0.333 e. The Bertz CT molecular complexity index is 1100. The van der Waals surface area contributed by atoms with Gasteiger partial charge in [0, 0.05) is 17.1 Å². The zero-order valence-corrected chi connectivity index (χ0v) is 18.8. The molecule has 3 rings (SSSR count). The molecule has 1 heterocycles. The summed E-state index contributed by atoms with van der Waals surface area (Å²) in [5.74, 6) is 0.502. The van der Waals surface area contributed by atoms with Crippen molar-refractivity contribution < 1.29 is 4.79 Å². The van der Waals surface area contributed by atoms with Gasteiger partial charge >= 0.3 is 6.03 Å². The third kappa shape index (κ3) is 4.50. The van der Waals surface area contributed by atoms with Gasteiger partial charge < -0.3 is 10.2 Å². The number of aromatic nitrogens is 2. The van der Waals surface area contributed by atoms with Crippen molar-refractivity contribution in [2.45, 2.75) is 39.3 Å². The molecule has 0 aliphatic heterocycles. The Morgan fingerprint density at radius 2 is 1.76 bits per heavy atom. The summed E-state index contributed by atoms with van der Waals surface area (Å²) in [4.78, 5) is 32.4. The van der Waals surface area contributed by atoms with Crippen molar-refractivity contribution in [1.29, 1.82) is 0 Å². The molecule has 7 heteroatoms. The molecule has 2 amide bonds. The molecule has 1 atom stereocenters. The fourth-order valence-corrected chi connectivity index (χ4v) is 3.29. The van der Waals surface area contributed by atoms with E-state index in [-0.39, 0.29) is 17.1 Å². The predicted molar refractivity (Wildman–Crippen MR) is 120 cm³/mol. The maximum Gasteiger partial charge on any atom is 0.318 e. The van der Waals surface area contributed by atoms with Crippen LogP contribution in [-0.2, 0) is 0 Å². The molecule has 0 aliphatic carbocycles. The molecule has 1 aromatic heterocycles. The third-order valence-corrected chi connectivity index (χ3v) is 5.17. The zero-order chi connectivity index (χ0) is 21.3. The van der Waals surface area contributed by atoms with E-state index in [4.69, 9.17) is 4.98 Å². The Balaban J connectivity index is 2.17. The van der Waals surface area contributed by atoms with Crippen LogP contribution in [0.2, 0.25) is 0 Å². The van der Waals surface area contributed by atoms with Gasteiger partial charge in [-0.1, -0.05) is 28.1 Å². The first kappa shape index (κ1) is 21.0. The monoisotopic (exact) mass is 456 g/mol. The fraction of sp³-hybridized carbons (Fsp3) is 0.318. The second kappa shape index (κ2) is 7.99. The maximum atomic E-state index is 13.4. The quantitative estimate of drug-likeness (QED) is 0.623. The minimum absolute atomic E-state index is 0.163. The molecule has 29 heavy (non-hydrogen) atoms. The third-order valence-electron chi connectivity index (χ3n) is 4.64. The van der Waals surface area contributed by atoms with Crippen molar-refractivity contribution in [2.24, 2.45) is 0 Å². The van der Waals surface area contributed by atoms with Crippen molar-refractivity contribution in [3.8, 4) is 5.69 Å². The number of benzene rings is 2. The summed E-state index contributed by atoms with van der Waals surface area (Å²) in [7, 11) is 1.71. The van der Waals surface area contributed by atoms with Crippen molar-refractivity contribution in [2.75, 3.05) is 7.05 Å². The van der Waals surface area contributed by atoms with Crippen LogP contribution in [0.15, 0.2) is 57.8 Å². The van der Waals surface area contributed by atoms with Gasteiger partial charge in [-0.15, -0.1) is 0 Å². The number of nitrogens with zero attached hydrogens (tertiary/aromatic N) is 3. The van der Waals surface area contributed by atoms with E-state index >= 15 is 0 Å². The molecule has 1 unspecified atom stereocenters. The normalized spacial score (nSPS) is 12.6. The van der Waals surface area contributed by atoms with E-state index in [1.165, 1.54) is 0 Å². The highest BCUT2D eigenvalue weighted by molar-refractivity contribution is 9.10. The van der Waals surface area contributed by atoms with E-state index in [9.17, 15) is 9.59 Å². The Labute approximate surface area is 178 Å². The van der Waals surface area contributed by atoms with E-state index < -0.39 is 6.04 Å². The Kier molecular flexibility index (Phi) is 5.80. The van der Waals surface area contributed by atoms with Crippen LogP contribution < -0.4 is 10.9 Å². The van der Waals surface area contributed by atoms with Crippen LogP contribution in [0.1, 0.15) is 39.6 Å². The SMILES string of the molecule is CC(c1nc2ccccc2c(=O)n1-c1ccc(Br)cc1)N(C)C(=O)NC(C)(C)C. The van der Waals surface area contributed by atoms with Gasteiger partial charge in [-0.2, -0.15) is 0 Å². The van der Waals surface area contributed by atoms with E-state index in [1.807, 2.05) is 70.2 Å². The van der Waals surface area contributed by atoms with Gasteiger partial charge in [0.2, 0.25) is 0 Å². The van der Waals surface area contributed by atoms with E-state index in [0.717, 1.165) is 4.47 Å². The van der Waals surface area contributed by atoms with Crippen molar-refractivity contribution >= 4 is 32.9 Å². The highest BCUT2D eigenvalue weighted by atomic mass is 79.9. The number of rotatable bonds is 3. The molecular weight excluding hydrogens is 432 g/mol. The molecule has 0 saturated carbocycles. The molecule has 0 radical (unpaired) electrons. The molecule has 1 N–H and O–H groups in total. The number of nitrogens with one attached hydrogen (secondary N) is 1. The Morgan fingerprint density at radius 1 is 1.14 bits per heavy atom. The summed E-state index contributed by atoms with van der Waals surface area (Å²) < 4.78 is 2.50. The van der Waals surface area contributed by atoms with Gasteiger partial charge in [0.05, 0.1) is 22.6 Å². The number of hydrogen-bond acceptors (Lipinski definition) is 3. The van der Waals surface area contributed by atoms with Crippen LogP contribution in [0.5, 0.6) is 0 Å². The van der Waals surface area contributed by atoms with Gasteiger partial charge in [-0.05, 0) is 64.1 Å². The summed E-state index contributed by atoms with van der Waals surface area (Å²) in [6, 6.07) is 14.1. The molecule has 6 nitrogen and oxygen atoms in total. The first-order valence-corrected chi connectivity index (χ1v) is 10.2. The summed E-state index contributed by atoms with van der Waals surface area (Å²) in [6.07, 6.45) is 0. The van der Waals surface area contributed by atoms with Crippen molar-refractivity contribution in [3.63, 3.8) is 0 Å². The lowest BCUT2D eigenvalue weighted by molar-refractivity contribution is 0.182. The molecule has 0 aliphatic rings. The molecule has 2 aromatic carbocycles. The molecule has 0 spiro atoms. The van der Waals surface area contributed by atoms with Crippen molar-refractivity contribution in [1.82, 2.24) is 19.8 Å². The van der Waals surface area contributed by atoms with E-state index in [1.54, 1.807) is 22.6 Å². The average molecular weight is 457 g/mol. The lowest BCUT2D eigenvalue weighted by Gasteiger charge is -2.30. The molecule has 0 saturated heterocycles. The number of hydrogen-bond donors (Lipinski definition) is 1. The van der Waals surface area contributed by atoms with Crippen LogP contribution >= 0.6 is 15.9 Å². The Hall–Kier alpha value is -2.67. The molecule has 3 aromatic rings. The second-order valence-corrected chi connectivity index (χ2v) is 8.99. The minimum atomic E-state index is -0.432. The minimum Gasteiger partial charge on any atom is -0.333 e. The predicted octanol–water partition coefficient (Wildman–Crippen LogP) is 4.65. The van der Waals surface area contributed by atoms with Gasteiger partial charge in [0.15, 0.2) is 0 Å². The van der Waals surface area contributed by atoms with Crippen molar-refractivity contribution in [3.05, 3.63) is 69.2 Å². The maximum absolute atomic E-state index is 13.4. The van der Waals surface area contributed by atoms with Crippen LogP contribution in [0.25, 0.3) is 16.6 Å². The summed E-state index contributed by atoms with van der Waals surface area (Å²) in [5, 5.41) is 3.49. The number of urea groups is 1. The van der Waals surface area contributed by atoms with Crippen LogP contribution in [0.3, 0.4) is 0 Å². The standard InChI is InChI=1S/C22H25BrN4O2/c1-14(26(5)21(29)25-22(2,3)4)19-24-18-9-7-6-8-17(18)20(28)27(19)16-12-10-15(23)11-13-16/h6-14H,1-5H3,(H,25,29). The van der Waals surface area contributed by atoms with Gasteiger partial charge in [0.25, 0.3) is 5.56 Å². The second-order valence-electron chi connectivity index (χ2n) is 8.07. The van der Waals surface area contributed by atoms with Crippen LogP contribution in [0, 0.1) is 0 Å². The lowest BCUT2D eigenvalue weighted by atomic mass is 10.1. The molecule has 0 fully saturated rings. The number of halogens is 1. The number of carbonyl (C=O) groups is 1. The van der Waals surface area contributed by atoms with Gasteiger partial charge in [0.1, 0.15) is 5.82 Å². The van der Waals surface area contributed by atoms with Crippen LogP contribution in [0.4, 0.5) is 4.79 Å². The lowest BCUT2D eigenvalue weighted by Crippen LogP contribution is -2.48. The number of para-hydroxylation sites is 1. The number of carbonyl (C=O) groups excluding carboxylic acids is 1. The van der Waals surface area contributed by atoms with Gasteiger partial charge in [-0.3, -0.25) is 9.36 Å². The molecule has 152 valence electrons. The number of fused-ring (bicyclic) bond motifs is 1. The van der Waals surface area contributed by atoms with Crippen LogP contribution in [-0.4, -0.2) is 33.1 Å². The summed E-state index contributed by atoms with van der Waals surface area (Å²) in [6.45, 7) is 7.65. The first-order valence-electron chi connectivity index (χ1n) is 9.41. The summed E-state index contributed by atoms with van der Waals surface area (Å²) in [5.41, 5.74) is 0.775. The first-order chi connectivity index (χ1) is 13.6. The average Bonchev–Trinajstić information content (AvgIpc) is 2.66.